The van der Waals surface area contributed by atoms with Crippen LogP contribution >= 0.6 is 0 Å². The van der Waals surface area contributed by atoms with Crippen molar-refractivity contribution in [1.29, 1.82) is 0 Å². The molecule has 0 bridgehead atoms. The standard InChI is InChI=1S/C14H19NO6S/c1-2-20-13-6-5-11(8-12(13)14(16)17)22(18,19)15-9-10-4-3-7-21-10/h5-6,8,10,15H,2-4,7,9H2,1H3,(H,16,17)/t10-/m1/s1. The first-order valence-corrected chi connectivity index (χ1v) is 8.53. The van der Waals surface area contributed by atoms with E-state index in [4.69, 9.17) is 14.6 Å². The van der Waals surface area contributed by atoms with Crippen molar-refractivity contribution in [3.8, 4) is 5.75 Å². The summed E-state index contributed by atoms with van der Waals surface area (Å²) >= 11 is 0. The van der Waals surface area contributed by atoms with Gasteiger partial charge < -0.3 is 14.6 Å². The summed E-state index contributed by atoms with van der Waals surface area (Å²) in [4.78, 5) is 11.1. The molecule has 0 aliphatic carbocycles. The van der Waals surface area contributed by atoms with Crippen molar-refractivity contribution in [3.05, 3.63) is 23.8 Å². The summed E-state index contributed by atoms with van der Waals surface area (Å²) in [6.07, 6.45) is 1.60. The van der Waals surface area contributed by atoms with Gasteiger partial charge >= 0.3 is 5.97 Å². The molecule has 22 heavy (non-hydrogen) atoms. The second-order valence-corrected chi connectivity index (χ2v) is 6.65. The van der Waals surface area contributed by atoms with Crippen LogP contribution in [-0.4, -0.2) is 45.4 Å². The van der Waals surface area contributed by atoms with Gasteiger partial charge in [0.2, 0.25) is 10.0 Å². The van der Waals surface area contributed by atoms with E-state index in [0.717, 1.165) is 18.9 Å². The molecule has 1 aliphatic rings. The molecule has 7 nitrogen and oxygen atoms in total. The van der Waals surface area contributed by atoms with E-state index in [1.165, 1.54) is 12.1 Å². The van der Waals surface area contributed by atoms with Crippen LogP contribution in [-0.2, 0) is 14.8 Å². The van der Waals surface area contributed by atoms with Crippen molar-refractivity contribution < 1.29 is 27.8 Å². The van der Waals surface area contributed by atoms with Crippen LogP contribution in [0.5, 0.6) is 5.75 Å². The van der Waals surface area contributed by atoms with Crippen LogP contribution in [0.25, 0.3) is 0 Å². The molecule has 0 amide bonds. The van der Waals surface area contributed by atoms with Crippen LogP contribution < -0.4 is 9.46 Å². The molecule has 1 fully saturated rings. The van der Waals surface area contributed by atoms with Crippen LogP contribution in [0.1, 0.15) is 30.1 Å². The maximum absolute atomic E-state index is 12.2. The third-order valence-electron chi connectivity index (χ3n) is 3.32. The van der Waals surface area contributed by atoms with Gasteiger partial charge in [-0.1, -0.05) is 0 Å². The number of ether oxygens (including phenoxy) is 2. The minimum absolute atomic E-state index is 0.105. The molecule has 2 rings (SSSR count). The van der Waals surface area contributed by atoms with E-state index >= 15 is 0 Å². The second kappa shape index (κ2) is 7.08. The maximum Gasteiger partial charge on any atom is 0.339 e. The Bertz CT molecular complexity index is 637. The third-order valence-corrected chi connectivity index (χ3v) is 4.74. The topological polar surface area (TPSA) is 102 Å². The first-order valence-electron chi connectivity index (χ1n) is 7.05. The van der Waals surface area contributed by atoms with Crippen molar-refractivity contribution in [1.82, 2.24) is 4.72 Å². The Morgan fingerprint density at radius 1 is 1.50 bits per heavy atom. The Morgan fingerprint density at radius 2 is 2.27 bits per heavy atom. The molecule has 1 aromatic carbocycles. The van der Waals surface area contributed by atoms with E-state index in [9.17, 15) is 13.2 Å². The molecule has 2 N–H and O–H groups in total. The van der Waals surface area contributed by atoms with Gasteiger partial charge in [0.25, 0.3) is 0 Å². The van der Waals surface area contributed by atoms with Crippen LogP contribution in [0.2, 0.25) is 0 Å². The number of carboxylic acid groups (broad SMARTS) is 1. The van der Waals surface area contributed by atoms with Crippen molar-refractivity contribution in [2.75, 3.05) is 19.8 Å². The highest BCUT2D eigenvalue weighted by Crippen LogP contribution is 2.23. The van der Waals surface area contributed by atoms with Crippen molar-refractivity contribution in [2.45, 2.75) is 30.8 Å². The number of rotatable bonds is 7. The lowest BCUT2D eigenvalue weighted by Gasteiger charge is -2.13. The fourth-order valence-electron chi connectivity index (χ4n) is 2.22. The van der Waals surface area contributed by atoms with E-state index < -0.39 is 16.0 Å². The van der Waals surface area contributed by atoms with Crippen LogP contribution in [0.3, 0.4) is 0 Å². The van der Waals surface area contributed by atoms with Crippen molar-refractivity contribution >= 4 is 16.0 Å². The Hall–Kier alpha value is -1.64. The zero-order valence-corrected chi connectivity index (χ0v) is 13.1. The number of benzene rings is 1. The van der Waals surface area contributed by atoms with E-state index in [1.807, 2.05) is 0 Å². The molecule has 122 valence electrons. The minimum atomic E-state index is -3.78. The zero-order chi connectivity index (χ0) is 16.2. The van der Waals surface area contributed by atoms with Crippen LogP contribution in [0.15, 0.2) is 23.1 Å². The lowest BCUT2D eigenvalue weighted by molar-refractivity contribution is 0.0692. The zero-order valence-electron chi connectivity index (χ0n) is 12.2. The average molecular weight is 329 g/mol. The first-order chi connectivity index (χ1) is 10.4. The fraction of sp³-hybridized carbons (Fsp3) is 0.500. The van der Waals surface area contributed by atoms with E-state index in [-0.39, 0.29) is 28.9 Å². The molecule has 0 spiro atoms. The number of hydrogen-bond acceptors (Lipinski definition) is 5. The monoisotopic (exact) mass is 329 g/mol. The largest absolute Gasteiger partial charge is 0.493 e. The third kappa shape index (κ3) is 3.96. The lowest BCUT2D eigenvalue weighted by Crippen LogP contribution is -2.32. The number of carbonyl (C=O) groups is 1. The van der Waals surface area contributed by atoms with E-state index in [2.05, 4.69) is 4.72 Å². The lowest BCUT2D eigenvalue weighted by atomic mass is 10.2. The Morgan fingerprint density at radius 3 is 2.86 bits per heavy atom. The predicted octanol–water partition coefficient (Wildman–Crippen LogP) is 1.24. The SMILES string of the molecule is CCOc1ccc(S(=O)(=O)NC[C@H]2CCCO2)cc1C(=O)O. The summed E-state index contributed by atoms with van der Waals surface area (Å²) in [7, 11) is -3.78. The molecule has 8 heteroatoms. The Balaban J connectivity index is 2.18. The van der Waals surface area contributed by atoms with Crippen molar-refractivity contribution in [3.63, 3.8) is 0 Å². The minimum Gasteiger partial charge on any atom is -0.493 e. The molecular formula is C14H19NO6S. The number of nitrogens with one attached hydrogen (secondary N) is 1. The molecule has 1 heterocycles. The van der Waals surface area contributed by atoms with Gasteiger partial charge in [-0.05, 0) is 38.0 Å². The predicted molar refractivity (Wildman–Crippen MR) is 78.7 cm³/mol. The molecular weight excluding hydrogens is 310 g/mol. The number of sulfonamides is 1. The van der Waals surface area contributed by atoms with Gasteiger partial charge in [-0.15, -0.1) is 0 Å². The number of carboxylic acids is 1. The number of aromatic carboxylic acids is 1. The van der Waals surface area contributed by atoms with Gasteiger partial charge in [0.15, 0.2) is 0 Å². The van der Waals surface area contributed by atoms with Gasteiger partial charge in [-0.25, -0.2) is 17.9 Å². The Labute approximate surface area is 129 Å². The molecule has 1 atom stereocenters. The quantitative estimate of drug-likeness (QED) is 0.780. The summed E-state index contributed by atoms with van der Waals surface area (Å²) in [6, 6.07) is 3.79. The summed E-state index contributed by atoms with van der Waals surface area (Å²) in [5, 5.41) is 9.17. The fourth-order valence-corrected chi connectivity index (χ4v) is 3.31. The average Bonchev–Trinajstić information content (AvgIpc) is 2.99. The molecule has 1 saturated heterocycles. The number of hydrogen-bond donors (Lipinski definition) is 2. The second-order valence-electron chi connectivity index (χ2n) is 4.88. The van der Waals surface area contributed by atoms with Gasteiger partial charge in [0.1, 0.15) is 11.3 Å². The summed E-state index contributed by atoms with van der Waals surface area (Å²) < 4.78 is 37.5. The van der Waals surface area contributed by atoms with Gasteiger partial charge in [-0.2, -0.15) is 0 Å². The van der Waals surface area contributed by atoms with Crippen LogP contribution in [0, 0.1) is 0 Å². The van der Waals surface area contributed by atoms with E-state index in [0.29, 0.717) is 13.2 Å². The highest BCUT2D eigenvalue weighted by molar-refractivity contribution is 7.89. The molecule has 1 aromatic rings. The van der Waals surface area contributed by atoms with Gasteiger partial charge in [-0.3, -0.25) is 0 Å². The maximum atomic E-state index is 12.2. The molecule has 1 aliphatic heterocycles. The highest BCUT2D eigenvalue weighted by Gasteiger charge is 2.22. The first kappa shape index (κ1) is 16.7. The smallest absolute Gasteiger partial charge is 0.339 e. The molecule has 0 unspecified atom stereocenters. The van der Waals surface area contributed by atoms with Gasteiger partial charge in [0, 0.05) is 13.2 Å². The van der Waals surface area contributed by atoms with Crippen LogP contribution in [0.4, 0.5) is 0 Å². The summed E-state index contributed by atoms with van der Waals surface area (Å²) in [5.74, 6) is -1.09. The van der Waals surface area contributed by atoms with Crippen molar-refractivity contribution in [2.24, 2.45) is 0 Å². The molecule has 0 radical (unpaired) electrons. The van der Waals surface area contributed by atoms with Gasteiger partial charge in [0.05, 0.1) is 17.6 Å². The summed E-state index contributed by atoms with van der Waals surface area (Å²) in [5.41, 5.74) is -0.179. The molecule has 0 saturated carbocycles. The Kier molecular flexibility index (Phi) is 5.38. The normalized spacial score (nSPS) is 18.3. The summed E-state index contributed by atoms with van der Waals surface area (Å²) in [6.45, 7) is 2.83. The highest BCUT2D eigenvalue weighted by atomic mass is 32.2. The molecule has 0 aromatic heterocycles. The van der Waals surface area contributed by atoms with E-state index in [1.54, 1.807) is 6.92 Å².